The lowest BCUT2D eigenvalue weighted by molar-refractivity contribution is -0.138. The summed E-state index contributed by atoms with van der Waals surface area (Å²) in [5.41, 5.74) is 1.32. The molecule has 2 N–H and O–H groups in total. The summed E-state index contributed by atoms with van der Waals surface area (Å²) >= 11 is 1.77. The molecule has 0 aliphatic carbocycles. The Bertz CT molecular complexity index is 472. The molecule has 0 fully saturated rings. The number of hydrogen-bond donors (Lipinski definition) is 2. The van der Waals surface area contributed by atoms with Gasteiger partial charge in [0.2, 0.25) is 5.91 Å². The number of carbonyl (C=O) groups is 2. The minimum Gasteiger partial charge on any atom is -0.480 e. The van der Waals surface area contributed by atoms with Crippen LogP contribution in [0.5, 0.6) is 0 Å². The van der Waals surface area contributed by atoms with Gasteiger partial charge in [-0.05, 0) is 29.9 Å². The van der Waals surface area contributed by atoms with Crippen molar-refractivity contribution in [3.05, 3.63) is 21.9 Å². The highest BCUT2D eigenvalue weighted by atomic mass is 32.1. The lowest BCUT2D eigenvalue weighted by Gasteiger charge is -2.34. The van der Waals surface area contributed by atoms with Gasteiger partial charge in [-0.25, -0.2) is 0 Å². The second-order valence-corrected chi connectivity index (χ2v) is 5.61. The largest absolute Gasteiger partial charge is 0.480 e. The summed E-state index contributed by atoms with van der Waals surface area (Å²) in [7, 11) is 0. The van der Waals surface area contributed by atoms with Crippen molar-refractivity contribution in [1.29, 1.82) is 0 Å². The molecule has 1 unspecified atom stereocenters. The van der Waals surface area contributed by atoms with Crippen LogP contribution in [0.15, 0.2) is 11.4 Å². The highest BCUT2D eigenvalue weighted by Gasteiger charge is 2.28. The third-order valence-corrected chi connectivity index (χ3v) is 4.37. The number of thiophene rings is 1. The van der Waals surface area contributed by atoms with Crippen LogP contribution < -0.4 is 5.32 Å². The third-order valence-electron chi connectivity index (χ3n) is 3.38. The predicted molar refractivity (Wildman–Crippen MR) is 73.3 cm³/mol. The SMILES string of the molecule is CCC1c2ccsc2CCN1CC(=O)NCC(=O)O. The number of nitrogens with zero attached hydrogens (tertiary/aromatic N) is 1. The molecule has 1 aliphatic heterocycles. The Labute approximate surface area is 116 Å². The van der Waals surface area contributed by atoms with Crippen molar-refractivity contribution in [3.8, 4) is 0 Å². The van der Waals surface area contributed by atoms with E-state index in [0.717, 1.165) is 19.4 Å². The van der Waals surface area contributed by atoms with Gasteiger partial charge in [0.25, 0.3) is 0 Å². The Morgan fingerprint density at radius 2 is 2.37 bits per heavy atom. The zero-order chi connectivity index (χ0) is 13.8. The van der Waals surface area contributed by atoms with E-state index in [1.807, 2.05) is 0 Å². The van der Waals surface area contributed by atoms with Gasteiger partial charge in [-0.1, -0.05) is 6.92 Å². The molecule has 1 aliphatic rings. The number of rotatable bonds is 5. The first-order valence-corrected chi connectivity index (χ1v) is 7.28. The fourth-order valence-electron chi connectivity index (χ4n) is 2.53. The maximum Gasteiger partial charge on any atom is 0.322 e. The Hall–Kier alpha value is -1.40. The van der Waals surface area contributed by atoms with E-state index in [1.54, 1.807) is 11.3 Å². The monoisotopic (exact) mass is 282 g/mol. The Morgan fingerprint density at radius 1 is 1.58 bits per heavy atom. The van der Waals surface area contributed by atoms with Gasteiger partial charge in [0.1, 0.15) is 6.54 Å². The summed E-state index contributed by atoms with van der Waals surface area (Å²) in [6, 6.07) is 2.40. The van der Waals surface area contributed by atoms with Gasteiger partial charge in [0, 0.05) is 17.5 Å². The summed E-state index contributed by atoms with van der Waals surface area (Å²) in [5, 5.41) is 13.1. The van der Waals surface area contributed by atoms with E-state index in [1.165, 1.54) is 10.4 Å². The summed E-state index contributed by atoms with van der Waals surface area (Å²) in [6.07, 6.45) is 1.92. The van der Waals surface area contributed by atoms with E-state index >= 15 is 0 Å². The molecule has 1 atom stereocenters. The third kappa shape index (κ3) is 3.33. The number of nitrogens with one attached hydrogen (secondary N) is 1. The summed E-state index contributed by atoms with van der Waals surface area (Å²) < 4.78 is 0. The molecule has 6 heteroatoms. The quantitative estimate of drug-likeness (QED) is 0.853. The van der Waals surface area contributed by atoms with Gasteiger partial charge in [0.05, 0.1) is 6.54 Å². The van der Waals surface area contributed by atoms with E-state index in [-0.39, 0.29) is 25.0 Å². The topological polar surface area (TPSA) is 69.6 Å². The number of fused-ring (bicyclic) bond motifs is 1. The lowest BCUT2D eigenvalue weighted by Crippen LogP contribution is -2.43. The fourth-order valence-corrected chi connectivity index (χ4v) is 3.46. The molecular formula is C13H18N2O3S. The van der Waals surface area contributed by atoms with Crippen LogP contribution in [0.4, 0.5) is 0 Å². The molecule has 0 saturated heterocycles. The fraction of sp³-hybridized carbons (Fsp3) is 0.538. The molecule has 104 valence electrons. The Balaban J connectivity index is 1.97. The van der Waals surface area contributed by atoms with E-state index in [9.17, 15) is 9.59 Å². The number of aliphatic carboxylic acids is 1. The molecule has 2 rings (SSSR count). The zero-order valence-corrected chi connectivity index (χ0v) is 11.7. The highest BCUT2D eigenvalue weighted by Crippen LogP contribution is 2.34. The molecule has 1 amide bonds. The van der Waals surface area contributed by atoms with Crippen LogP contribution in [-0.4, -0.2) is 41.5 Å². The van der Waals surface area contributed by atoms with Crippen molar-refractivity contribution in [2.24, 2.45) is 0 Å². The predicted octanol–water partition coefficient (Wildman–Crippen LogP) is 1.26. The molecule has 0 bridgehead atoms. The average Bonchev–Trinajstić information content (AvgIpc) is 2.84. The molecule has 1 aromatic heterocycles. The standard InChI is InChI=1S/C13H18N2O3S/c1-2-10-9-4-6-19-11(9)3-5-15(10)8-12(16)14-7-13(17)18/h4,6,10H,2-3,5,7-8H2,1H3,(H,14,16)(H,17,18). The van der Waals surface area contributed by atoms with E-state index in [4.69, 9.17) is 5.11 Å². The molecule has 0 spiro atoms. The number of carboxylic acid groups (broad SMARTS) is 1. The van der Waals surface area contributed by atoms with Gasteiger partial charge < -0.3 is 10.4 Å². The molecule has 1 aromatic rings. The summed E-state index contributed by atoms with van der Waals surface area (Å²) in [4.78, 5) is 25.7. The number of hydrogen-bond acceptors (Lipinski definition) is 4. The van der Waals surface area contributed by atoms with Crippen LogP contribution in [0.25, 0.3) is 0 Å². The van der Waals surface area contributed by atoms with Crippen LogP contribution in [0.3, 0.4) is 0 Å². The Kier molecular flexibility index (Phi) is 4.55. The highest BCUT2D eigenvalue weighted by molar-refractivity contribution is 7.10. The van der Waals surface area contributed by atoms with E-state index in [2.05, 4.69) is 28.6 Å². The maximum absolute atomic E-state index is 11.7. The summed E-state index contributed by atoms with van der Waals surface area (Å²) in [6.45, 7) is 2.92. The normalized spacial score (nSPS) is 18.9. The molecular weight excluding hydrogens is 264 g/mol. The van der Waals surface area contributed by atoms with Crippen LogP contribution >= 0.6 is 11.3 Å². The zero-order valence-electron chi connectivity index (χ0n) is 10.9. The molecule has 0 radical (unpaired) electrons. The molecule has 0 aromatic carbocycles. The number of carboxylic acids is 1. The lowest BCUT2D eigenvalue weighted by atomic mass is 9.98. The number of amides is 1. The first kappa shape index (κ1) is 14.0. The summed E-state index contributed by atoms with van der Waals surface area (Å²) in [5.74, 6) is -1.24. The molecule has 0 saturated carbocycles. The second-order valence-electron chi connectivity index (χ2n) is 4.61. The van der Waals surface area contributed by atoms with Crippen molar-refractivity contribution in [3.63, 3.8) is 0 Å². The number of carbonyl (C=O) groups excluding carboxylic acids is 1. The van der Waals surface area contributed by atoms with Gasteiger partial charge >= 0.3 is 5.97 Å². The molecule has 5 nitrogen and oxygen atoms in total. The van der Waals surface area contributed by atoms with Crippen molar-refractivity contribution >= 4 is 23.2 Å². The van der Waals surface area contributed by atoms with Gasteiger partial charge in [-0.3, -0.25) is 14.5 Å². The van der Waals surface area contributed by atoms with E-state index < -0.39 is 5.97 Å². The van der Waals surface area contributed by atoms with Gasteiger partial charge in [-0.2, -0.15) is 0 Å². The van der Waals surface area contributed by atoms with Crippen LogP contribution in [-0.2, 0) is 16.0 Å². The molecule has 2 heterocycles. The van der Waals surface area contributed by atoms with Crippen LogP contribution in [0, 0.1) is 0 Å². The first-order valence-electron chi connectivity index (χ1n) is 6.40. The molecule has 19 heavy (non-hydrogen) atoms. The average molecular weight is 282 g/mol. The maximum atomic E-state index is 11.7. The van der Waals surface area contributed by atoms with Crippen LogP contribution in [0.1, 0.15) is 29.8 Å². The smallest absolute Gasteiger partial charge is 0.322 e. The van der Waals surface area contributed by atoms with Gasteiger partial charge in [0.15, 0.2) is 0 Å². The minimum atomic E-state index is -1.01. The van der Waals surface area contributed by atoms with Crippen molar-refractivity contribution in [2.75, 3.05) is 19.6 Å². The minimum absolute atomic E-state index is 0.223. The van der Waals surface area contributed by atoms with Gasteiger partial charge in [-0.15, -0.1) is 11.3 Å². The first-order chi connectivity index (χ1) is 9.11. The van der Waals surface area contributed by atoms with Crippen molar-refractivity contribution in [1.82, 2.24) is 10.2 Å². The van der Waals surface area contributed by atoms with Crippen LogP contribution in [0.2, 0.25) is 0 Å². The van der Waals surface area contributed by atoms with Crippen molar-refractivity contribution < 1.29 is 14.7 Å². The van der Waals surface area contributed by atoms with E-state index in [0.29, 0.717) is 0 Å². The Morgan fingerprint density at radius 3 is 3.05 bits per heavy atom. The second kappa shape index (κ2) is 6.16. The van der Waals surface area contributed by atoms with Crippen molar-refractivity contribution in [2.45, 2.75) is 25.8 Å².